The Labute approximate surface area is 126 Å². The number of rotatable bonds is 5. The topological polar surface area (TPSA) is 29.3 Å². The molecule has 112 valence electrons. The number of nitrogens with zero attached hydrogens (tertiary/aromatic N) is 1. The molecule has 0 aliphatic carbocycles. The van der Waals surface area contributed by atoms with Crippen molar-refractivity contribution in [1.29, 1.82) is 0 Å². The lowest BCUT2D eigenvalue weighted by atomic mass is 10.0. The number of aryl methyl sites for hydroxylation is 2. The first kappa shape index (κ1) is 15.7. The number of hydrogen-bond acceptors (Lipinski definition) is 2. The smallest absolute Gasteiger partial charge is 0.127 e. The lowest BCUT2D eigenvalue weighted by Gasteiger charge is -2.22. The molecular formula is C18H23FN2. The van der Waals surface area contributed by atoms with E-state index in [9.17, 15) is 4.39 Å². The predicted octanol–water partition coefficient (Wildman–Crippen LogP) is 3.57. The molecular weight excluding hydrogens is 263 g/mol. The first-order chi connectivity index (χ1) is 9.97. The van der Waals surface area contributed by atoms with Gasteiger partial charge >= 0.3 is 0 Å². The van der Waals surface area contributed by atoms with Gasteiger partial charge in [0.2, 0.25) is 0 Å². The van der Waals surface area contributed by atoms with E-state index >= 15 is 0 Å². The van der Waals surface area contributed by atoms with Gasteiger partial charge in [-0.1, -0.05) is 36.4 Å². The highest BCUT2D eigenvalue weighted by Crippen LogP contribution is 2.17. The molecule has 3 heteroatoms. The van der Waals surface area contributed by atoms with Crippen molar-refractivity contribution in [2.45, 2.75) is 26.4 Å². The lowest BCUT2D eigenvalue weighted by Crippen LogP contribution is -2.29. The van der Waals surface area contributed by atoms with E-state index in [0.29, 0.717) is 18.7 Å². The Hall–Kier alpha value is -1.71. The maximum atomic E-state index is 13.6. The van der Waals surface area contributed by atoms with Gasteiger partial charge in [-0.25, -0.2) is 4.39 Å². The van der Waals surface area contributed by atoms with Gasteiger partial charge in [-0.05, 0) is 43.7 Å². The third-order valence-corrected chi connectivity index (χ3v) is 3.87. The van der Waals surface area contributed by atoms with Crippen LogP contribution in [0.1, 0.15) is 28.3 Å². The van der Waals surface area contributed by atoms with Crippen LogP contribution in [0.15, 0.2) is 42.5 Å². The molecule has 0 heterocycles. The van der Waals surface area contributed by atoms with Gasteiger partial charge in [-0.15, -0.1) is 0 Å². The minimum Gasteiger partial charge on any atom is -0.323 e. The van der Waals surface area contributed by atoms with Gasteiger partial charge in [0.1, 0.15) is 5.82 Å². The van der Waals surface area contributed by atoms with Crippen LogP contribution in [0, 0.1) is 19.7 Å². The van der Waals surface area contributed by atoms with Gasteiger partial charge < -0.3 is 10.6 Å². The fourth-order valence-electron chi connectivity index (χ4n) is 2.42. The summed E-state index contributed by atoms with van der Waals surface area (Å²) in [4.78, 5) is 2.05. The van der Waals surface area contributed by atoms with E-state index < -0.39 is 0 Å². The predicted molar refractivity (Wildman–Crippen MR) is 85.6 cm³/mol. The zero-order valence-corrected chi connectivity index (χ0v) is 12.9. The second-order valence-corrected chi connectivity index (χ2v) is 5.74. The zero-order chi connectivity index (χ0) is 15.4. The molecule has 0 radical (unpaired) electrons. The highest BCUT2D eigenvalue weighted by Gasteiger charge is 2.12. The maximum absolute atomic E-state index is 13.6. The number of hydrogen-bond donors (Lipinski definition) is 1. The van der Waals surface area contributed by atoms with Crippen LogP contribution in [0.2, 0.25) is 0 Å². The summed E-state index contributed by atoms with van der Waals surface area (Å²) in [6, 6.07) is 13.1. The molecule has 2 nitrogen and oxygen atoms in total. The summed E-state index contributed by atoms with van der Waals surface area (Å²) in [5.74, 6) is -0.163. The summed E-state index contributed by atoms with van der Waals surface area (Å²) in [5, 5.41) is 0. The molecule has 0 aliphatic heterocycles. The van der Waals surface area contributed by atoms with E-state index in [2.05, 4.69) is 36.9 Å². The zero-order valence-electron chi connectivity index (χ0n) is 12.9. The molecule has 0 saturated carbocycles. The van der Waals surface area contributed by atoms with Crippen molar-refractivity contribution in [2.24, 2.45) is 5.73 Å². The van der Waals surface area contributed by atoms with Gasteiger partial charge in [0.05, 0.1) is 0 Å². The summed E-state index contributed by atoms with van der Waals surface area (Å²) in [5.41, 5.74) is 10.6. The molecule has 0 fully saturated rings. The summed E-state index contributed by atoms with van der Waals surface area (Å²) in [7, 11) is 1.97. The van der Waals surface area contributed by atoms with E-state index in [-0.39, 0.29) is 11.9 Å². The quantitative estimate of drug-likeness (QED) is 0.910. The maximum Gasteiger partial charge on any atom is 0.127 e. The van der Waals surface area contributed by atoms with E-state index in [4.69, 9.17) is 5.73 Å². The normalized spacial score (nSPS) is 12.7. The van der Waals surface area contributed by atoms with Gasteiger partial charge in [-0.2, -0.15) is 0 Å². The third kappa shape index (κ3) is 4.13. The minimum absolute atomic E-state index is 0.0685. The van der Waals surface area contributed by atoms with E-state index in [1.807, 2.05) is 19.2 Å². The molecule has 0 saturated heterocycles. The second kappa shape index (κ2) is 6.83. The SMILES string of the molecule is Cc1ccc(C(N)CN(C)Cc2ccccc2F)cc1C. The molecule has 0 aliphatic rings. The van der Waals surface area contributed by atoms with Gasteiger partial charge in [0.25, 0.3) is 0 Å². The molecule has 2 rings (SSSR count). The Bertz CT molecular complexity index is 610. The van der Waals surface area contributed by atoms with Gasteiger partial charge in [-0.3, -0.25) is 0 Å². The first-order valence-electron chi connectivity index (χ1n) is 7.22. The Morgan fingerprint density at radius 2 is 1.81 bits per heavy atom. The van der Waals surface area contributed by atoms with Gasteiger partial charge in [0.15, 0.2) is 0 Å². The average Bonchev–Trinajstić information content (AvgIpc) is 2.44. The third-order valence-electron chi connectivity index (χ3n) is 3.87. The summed E-state index contributed by atoms with van der Waals surface area (Å²) in [6.45, 7) is 5.44. The van der Waals surface area contributed by atoms with Crippen LogP contribution >= 0.6 is 0 Å². The van der Waals surface area contributed by atoms with E-state index in [1.54, 1.807) is 6.07 Å². The molecule has 0 spiro atoms. The molecule has 1 unspecified atom stereocenters. The van der Waals surface area contributed by atoms with Crippen molar-refractivity contribution in [1.82, 2.24) is 4.90 Å². The van der Waals surface area contributed by atoms with Crippen molar-refractivity contribution < 1.29 is 4.39 Å². The van der Waals surface area contributed by atoms with Crippen LogP contribution < -0.4 is 5.73 Å². The minimum atomic E-state index is -0.163. The molecule has 2 N–H and O–H groups in total. The summed E-state index contributed by atoms with van der Waals surface area (Å²) < 4.78 is 13.6. The van der Waals surface area contributed by atoms with Gasteiger partial charge in [0, 0.05) is 24.7 Å². The standard InChI is InChI=1S/C18H23FN2/c1-13-8-9-15(10-14(13)2)18(20)12-21(3)11-16-6-4-5-7-17(16)19/h4-10,18H,11-12,20H2,1-3H3. The molecule has 0 amide bonds. The number of benzene rings is 2. The highest BCUT2D eigenvalue weighted by molar-refractivity contribution is 5.31. The van der Waals surface area contributed by atoms with Crippen molar-refractivity contribution in [3.63, 3.8) is 0 Å². The average molecular weight is 286 g/mol. The highest BCUT2D eigenvalue weighted by atomic mass is 19.1. The van der Waals surface area contributed by atoms with Crippen LogP contribution in [-0.4, -0.2) is 18.5 Å². The summed E-state index contributed by atoms with van der Waals surface area (Å²) in [6.07, 6.45) is 0. The van der Waals surface area contributed by atoms with E-state index in [1.165, 1.54) is 17.2 Å². The van der Waals surface area contributed by atoms with Crippen molar-refractivity contribution in [3.8, 4) is 0 Å². The molecule has 0 aromatic heterocycles. The van der Waals surface area contributed by atoms with Crippen LogP contribution in [0.3, 0.4) is 0 Å². The van der Waals surface area contributed by atoms with Crippen LogP contribution in [-0.2, 0) is 6.54 Å². The molecule has 0 bridgehead atoms. The first-order valence-corrected chi connectivity index (χ1v) is 7.22. The molecule has 2 aromatic rings. The number of likely N-dealkylation sites (N-methyl/N-ethyl adjacent to an activating group) is 1. The van der Waals surface area contributed by atoms with Crippen LogP contribution in [0.5, 0.6) is 0 Å². The number of nitrogens with two attached hydrogens (primary N) is 1. The Morgan fingerprint density at radius 1 is 1.10 bits per heavy atom. The fraction of sp³-hybridized carbons (Fsp3) is 0.333. The van der Waals surface area contributed by atoms with Crippen molar-refractivity contribution in [2.75, 3.05) is 13.6 Å². The van der Waals surface area contributed by atoms with Crippen molar-refractivity contribution in [3.05, 3.63) is 70.5 Å². The fourth-order valence-corrected chi connectivity index (χ4v) is 2.42. The van der Waals surface area contributed by atoms with Crippen molar-refractivity contribution >= 4 is 0 Å². The Morgan fingerprint density at radius 3 is 2.48 bits per heavy atom. The largest absolute Gasteiger partial charge is 0.323 e. The molecule has 2 aromatic carbocycles. The Kier molecular flexibility index (Phi) is 5.10. The molecule has 21 heavy (non-hydrogen) atoms. The van der Waals surface area contributed by atoms with Crippen LogP contribution in [0.25, 0.3) is 0 Å². The van der Waals surface area contributed by atoms with Crippen LogP contribution in [0.4, 0.5) is 4.39 Å². The van der Waals surface area contributed by atoms with E-state index in [0.717, 1.165) is 5.56 Å². The molecule has 1 atom stereocenters. The lowest BCUT2D eigenvalue weighted by molar-refractivity contribution is 0.300. The monoisotopic (exact) mass is 286 g/mol. The second-order valence-electron chi connectivity index (χ2n) is 5.74. The number of halogens is 1. The summed E-state index contributed by atoms with van der Waals surface area (Å²) >= 11 is 0. The Balaban J connectivity index is 2.00.